The highest BCUT2D eigenvalue weighted by atomic mass is 79.9. The molecule has 2 amide bonds. The molecule has 5 nitrogen and oxygen atoms in total. The first-order chi connectivity index (χ1) is 14.1. The second-order valence-electron chi connectivity index (χ2n) is 6.51. The van der Waals surface area contributed by atoms with Crippen LogP contribution < -0.4 is 5.32 Å². The third-order valence-corrected chi connectivity index (χ3v) is 5.63. The Hall–Kier alpha value is -1.83. The summed E-state index contributed by atoms with van der Waals surface area (Å²) in [4.78, 5) is 26.5. The molecule has 0 aromatic heterocycles. The van der Waals surface area contributed by atoms with Crippen LogP contribution in [0.2, 0.25) is 0 Å². The van der Waals surface area contributed by atoms with Gasteiger partial charge in [0.15, 0.2) is 0 Å². The van der Waals surface area contributed by atoms with Crippen molar-refractivity contribution in [2.24, 2.45) is 0 Å². The zero-order valence-electron chi connectivity index (χ0n) is 16.6. The number of carbonyl (C=O) groups is 2. The minimum absolute atomic E-state index is 0.0374. The van der Waals surface area contributed by atoms with E-state index in [-0.39, 0.29) is 23.3 Å². The van der Waals surface area contributed by atoms with Crippen molar-refractivity contribution < 1.29 is 14.3 Å². The molecule has 29 heavy (non-hydrogen) atoms. The SMILES string of the molecule is COCCN(CCCc1ccccc1)C(=O)CSCC(=O)Nc1cccc(Br)c1. The van der Waals surface area contributed by atoms with Gasteiger partial charge in [-0.15, -0.1) is 11.8 Å². The molecule has 0 saturated heterocycles. The van der Waals surface area contributed by atoms with Crippen LogP contribution in [-0.4, -0.2) is 55.0 Å². The third-order valence-electron chi connectivity index (χ3n) is 4.22. The van der Waals surface area contributed by atoms with Gasteiger partial charge in [-0.3, -0.25) is 9.59 Å². The lowest BCUT2D eigenvalue weighted by Gasteiger charge is -2.22. The monoisotopic (exact) mass is 478 g/mol. The van der Waals surface area contributed by atoms with Gasteiger partial charge in [0.25, 0.3) is 0 Å². The lowest BCUT2D eigenvalue weighted by Crippen LogP contribution is -2.36. The van der Waals surface area contributed by atoms with Crippen LogP contribution in [0.15, 0.2) is 59.1 Å². The van der Waals surface area contributed by atoms with E-state index < -0.39 is 0 Å². The van der Waals surface area contributed by atoms with E-state index in [2.05, 4.69) is 33.4 Å². The van der Waals surface area contributed by atoms with Crippen LogP contribution in [0.3, 0.4) is 0 Å². The Labute approximate surface area is 185 Å². The lowest BCUT2D eigenvalue weighted by molar-refractivity contribution is -0.129. The number of hydrogen-bond donors (Lipinski definition) is 1. The van der Waals surface area contributed by atoms with Crippen molar-refractivity contribution in [3.8, 4) is 0 Å². The zero-order chi connectivity index (χ0) is 20.9. The Bertz CT molecular complexity index is 774. The van der Waals surface area contributed by atoms with Gasteiger partial charge in [-0.25, -0.2) is 0 Å². The van der Waals surface area contributed by atoms with E-state index in [1.807, 2.05) is 47.4 Å². The fourth-order valence-electron chi connectivity index (χ4n) is 2.77. The maximum absolute atomic E-state index is 12.6. The first kappa shape index (κ1) is 23.4. The molecule has 0 aliphatic rings. The Kier molecular flexibility index (Phi) is 10.8. The molecule has 2 aromatic rings. The Balaban J connectivity index is 1.73. The molecule has 0 aliphatic heterocycles. The topological polar surface area (TPSA) is 58.6 Å². The molecular formula is C22H27BrN2O3S. The quantitative estimate of drug-likeness (QED) is 0.495. The number of thioether (sulfide) groups is 1. The Morgan fingerprint density at radius 2 is 1.86 bits per heavy atom. The average molecular weight is 479 g/mol. The Morgan fingerprint density at radius 1 is 1.07 bits per heavy atom. The van der Waals surface area contributed by atoms with Crippen LogP contribution in [0.5, 0.6) is 0 Å². The number of rotatable bonds is 12. The van der Waals surface area contributed by atoms with Gasteiger partial charge in [0, 0.05) is 30.4 Å². The van der Waals surface area contributed by atoms with Crippen LogP contribution in [-0.2, 0) is 20.7 Å². The molecule has 7 heteroatoms. The molecule has 1 N–H and O–H groups in total. The molecule has 156 valence electrons. The molecule has 2 aromatic carbocycles. The van der Waals surface area contributed by atoms with Crippen LogP contribution >= 0.6 is 27.7 Å². The molecule has 0 heterocycles. The van der Waals surface area contributed by atoms with Gasteiger partial charge in [0.1, 0.15) is 0 Å². The third kappa shape index (κ3) is 9.47. The highest BCUT2D eigenvalue weighted by Crippen LogP contribution is 2.16. The summed E-state index contributed by atoms with van der Waals surface area (Å²) in [5.74, 6) is 0.435. The number of benzene rings is 2. The van der Waals surface area contributed by atoms with Gasteiger partial charge < -0.3 is 15.0 Å². The van der Waals surface area contributed by atoms with Gasteiger partial charge in [0.2, 0.25) is 11.8 Å². The molecule has 0 spiro atoms. The van der Waals surface area contributed by atoms with Crippen LogP contribution in [0.4, 0.5) is 5.69 Å². The minimum Gasteiger partial charge on any atom is -0.383 e. The van der Waals surface area contributed by atoms with Crippen molar-refractivity contribution in [1.29, 1.82) is 0 Å². The maximum atomic E-state index is 12.6. The molecule has 0 atom stereocenters. The molecule has 0 aliphatic carbocycles. The number of carbonyl (C=O) groups excluding carboxylic acids is 2. The number of halogens is 1. The van der Waals surface area contributed by atoms with E-state index in [0.717, 1.165) is 23.0 Å². The van der Waals surface area contributed by atoms with E-state index in [0.29, 0.717) is 19.7 Å². The molecule has 0 unspecified atom stereocenters. The van der Waals surface area contributed by atoms with Crippen molar-refractivity contribution in [2.75, 3.05) is 43.6 Å². The average Bonchev–Trinajstić information content (AvgIpc) is 2.71. The number of anilines is 1. The van der Waals surface area contributed by atoms with Gasteiger partial charge in [-0.2, -0.15) is 0 Å². The molecule has 2 rings (SSSR count). The normalized spacial score (nSPS) is 10.6. The number of nitrogens with zero attached hydrogens (tertiary/aromatic N) is 1. The Morgan fingerprint density at radius 3 is 2.59 bits per heavy atom. The number of hydrogen-bond acceptors (Lipinski definition) is 4. The summed E-state index contributed by atoms with van der Waals surface area (Å²) in [5.41, 5.74) is 2.00. The summed E-state index contributed by atoms with van der Waals surface area (Å²) in [7, 11) is 1.63. The standard InChI is InChI=1S/C22H27BrN2O3S/c1-28-14-13-25(12-6-9-18-7-3-2-4-8-18)22(27)17-29-16-21(26)24-20-11-5-10-19(23)15-20/h2-5,7-8,10-11,15H,6,9,12-14,16-17H2,1H3,(H,24,26). The highest BCUT2D eigenvalue weighted by Gasteiger charge is 2.14. The van der Waals surface area contributed by atoms with Crippen molar-refractivity contribution >= 4 is 45.2 Å². The summed E-state index contributed by atoms with van der Waals surface area (Å²) < 4.78 is 6.04. The van der Waals surface area contributed by atoms with Crippen LogP contribution in [0.1, 0.15) is 12.0 Å². The van der Waals surface area contributed by atoms with E-state index in [4.69, 9.17) is 4.74 Å². The van der Waals surface area contributed by atoms with Crippen molar-refractivity contribution in [3.05, 3.63) is 64.6 Å². The summed E-state index contributed by atoms with van der Waals surface area (Å²) in [5, 5.41) is 2.84. The lowest BCUT2D eigenvalue weighted by atomic mass is 10.1. The summed E-state index contributed by atoms with van der Waals surface area (Å²) in [6.45, 7) is 1.75. The largest absolute Gasteiger partial charge is 0.383 e. The fourth-order valence-corrected chi connectivity index (χ4v) is 3.88. The molecule has 0 saturated carbocycles. The number of methoxy groups -OCH3 is 1. The van der Waals surface area contributed by atoms with E-state index in [1.165, 1.54) is 17.3 Å². The molecule has 0 radical (unpaired) electrons. The van der Waals surface area contributed by atoms with Crippen LogP contribution in [0, 0.1) is 0 Å². The first-order valence-electron chi connectivity index (χ1n) is 9.52. The zero-order valence-corrected chi connectivity index (χ0v) is 19.0. The van der Waals surface area contributed by atoms with Gasteiger partial charge >= 0.3 is 0 Å². The second-order valence-corrected chi connectivity index (χ2v) is 8.42. The molecule has 0 bridgehead atoms. The molecule has 0 fully saturated rings. The number of ether oxygens (including phenoxy) is 1. The smallest absolute Gasteiger partial charge is 0.234 e. The minimum atomic E-state index is -0.117. The fraction of sp³-hybridized carbons (Fsp3) is 0.364. The summed E-state index contributed by atoms with van der Waals surface area (Å²) >= 11 is 4.71. The van der Waals surface area contributed by atoms with Crippen molar-refractivity contribution in [3.63, 3.8) is 0 Å². The summed E-state index contributed by atoms with van der Waals surface area (Å²) in [6.07, 6.45) is 1.83. The summed E-state index contributed by atoms with van der Waals surface area (Å²) in [6, 6.07) is 17.7. The predicted molar refractivity (Wildman–Crippen MR) is 123 cm³/mol. The highest BCUT2D eigenvalue weighted by molar-refractivity contribution is 9.10. The molecular weight excluding hydrogens is 452 g/mol. The number of aryl methyl sites for hydroxylation is 1. The van der Waals surface area contributed by atoms with Crippen LogP contribution in [0.25, 0.3) is 0 Å². The number of nitrogens with one attached hydrogen (secondary N) is 1. The van der Waals surface area contributed by atoms with Crippen molar-refractivity contribution in [2.45, 2.75) is 12.8 Å². The van der Waals surface area contributed by atoms with Gasteiger partial charge in [-0.05, 0) is 36.6 Å². The number of amides is 2. The predicted octanol–water partition coefficient (Wildman–Crippen LogP) is 4.23. The van der Waals surface area contributed by atoms with E-state index in [1.54, 1.807) is 7.11 Å². The van der Waals surface area contributed by atoms with E-state index in [9.17, 15) is 9.59 Å². The second kappa shape index (κ2) is 13.4. The maximum Gasteiger partial charge on any atom is 0.234 e. The van der Waals surface area contributed by atoms with Gasteiger partial charge in [-0.1, -0.05) is 52.3 Å². The first-order valence-corrected chi connectivity index (χ1v) is 11.5. The van der Waals surface area contributed by atoms with Gasteiger partial charge in [0.05, 0.1) is 18.1 Å². The van der Waals surface area contributed by atoms with E-state index >= 15 is 0 Å². The van der Waals surface area contributed by atoms with Crippen molar-refractivity contribution in [1.82, 2.24) is 4.90 Å².